The van der Waals surface area contributed by atoms with E-state index in [1.807, 2.05) is 18.2 Å². The van der Waals surface area contributed by atoms with E-state index in [1.54, 1.807) is 14.2 Å². The van der Waals surface area contributed by atoms with Crippen molar-refractivity contribution in [1.29, 1.82) is 0 Å². The maximum Gasteiger partial charge on any atom is 0.302 e. The molecule has 526 valence electrons. The average molecular weight is 1270 g/mol. The molecule has 0 aliphatic heterocycles. The molecule has 0 fully saturated rings. The van der Waals surface area contributed by atoms with Gasteiger partial charge in [-0.2, -0.15) is 0 Å². The molecule has 2 unspecified atom stereocenters. The number of rotatable bonds is 33. The Morgan fingerprint density at radius 3 is 0.626 bits per heavy atom. The number of hydrogen-bond acceptors (Lipinski definition) is 8. The van der Waals surface area contributed by atoms with Crippen LogP contribution in [0.1, 0.15) is 297 Å². The minimum atomic E-state index is -0.224. The van der Waals surface area contributed by atoms with Gasteiger partial charge in [0.25, 0.3) is 0 Å². The minimum absolute atomic E-state index is 0.224. The second kappa shape index (κ2) is 70.6. The summed E-state index contributed by atoms with van der Waals surface area (Å²) in [6.07, 6.45) is 48.0. The van der Waals surface area contributed by atoms with Gasteiger partial charge in [0, 0.05) is 35.0 Å². The van der Waals surface area contributed by atoms with Gasteiger partial charge >= 0.3 is 17.9 Å². The monoisotopic (exact) mass is 1270 g/mol. The van der Waals surface area contributed by atoms with E-state index in [0.29, 0.717) is 25.7 Å². The maximum atomic E-state index is 10.5. The van der Waals surface area contributed by atoms with Gasteiger partial charge in [0.1, 0.15) is 19.8 Å². The standard InChI is InChI=1S/3C12H20O2.2C12H22O.C12H22.C11H20/c3*1-10(2)6-5-7-11(3)8-9-14-12(4)13;2*1-10(2)7-6-8-11(3)9-12(4)13-5;1-10(2)7-6-8-12(5)9-11(3)4;1-5-7-11(4)9-6-8-10(2)3/h3*6,8H,5,7,9H2,1-4H3;2*7,9,12H,6,8H2,1-5H3;7,9,11H,6,8H2,1-5H3;7-8H,5-6,9H2,1-4H3/b3*11-8-;11-9+;11-9-;12-9-;11-7-. The Labute approximate surface area is 565 Å². The molecule has 0 rings (SSSR count). The second-order valence-corrected chi connectivity index (χ2v) is 25.9. The van der Waals surface area contributed by atoms with Crippen LogP contribution in [-0.2, 0) is 38.1 Å². The van der Waals surface area contributed by atoms with Gasteiger partial charge in [-0.25, -0.2) is 0 Å². The van der Waals surface area contributed by atoms with Crippen molar-refractivity contribution >= 4 is 17.9 Å². The van der Waals surface area contributed by atoms with Gasteiger partial charge in [-0.05, 0) is 280 Å². The third kappa shape index (κ3) is 107. The zero-order chi connectivity index (χ0) is 71.7. The first-order chi connectivity index (χ1) is 42.4. The summed E-state index contributed by atoms with van der Waals surface area (Å²) in [6.45, 7) is 60.9. The van der Waals surface area contributed by atoms with E-state index in [9.17, 15) is 14.4 Å². The Kier molecular flexibility index (Phi) is 77.0. The van der Waals surface area contributed by atoms with Crippen molar-refractivity contribution in [1.82, 2.24) is 0 Å². The lowest BCUT2D eigenvalue weighted by molar-refractivity contribution is -0.140. The first kappa shape index (κ1) is 99.3. The largest absolute Gasteiger partial charge is 0.462 e. The van der Waals surface area contributed by atoms with Gasteiger partial charge in [-0.1, -0.05) is 166 Å². The molecule has 0 amide bonds. The molecule has 0 radical (unpaired) electrons. The minimum Gasteiger partial charge on any atom is -0.462 e. The second-order valence-electron chi connectivity index (χ2n) is 25.9. The van der Waals surface area contributed by atoms with Crippen LogP contribution >= 0.6 is 0 Å². The van der Waals surface area contributed by atoms with Gasteiger partial charge in [0.05, 0.1) is 12.2 Å². The smallest absolute Gasteiger partial charge is 0.302 e. The van der Waals surface area contributed by atoms with E-state index in [2.05, 4.69) is 247 Å². The van der Waals surface area contributed by atoms with Crippen LogP contribution in [0.3, 0.4) is 0 Å². The van der Waals surface area contributed by atoms with Crippen LogP contribution in [0.5, 0.6) is 0 Å². The third-order valence-corrected chi connectivity index (χ3v) is 12.7. The zero-order valence-corrected chi connectivity index (χ0v) is 65.3. The molecule has 0 saturated heterocycles. The van der Waals surface area contributed by atoms with Crippen molar-refractivity contribution in [3.63, 3.8) is 0 Å². The molecule has 0 bridgehead atoms. The van der Waals surface area contributed by atoms with Crippen LogP contribution in [0.15, 0.2) is 163 Å². The molecule has 0 aliphatic rings. The summed E-state index contributed by atoms with van der Waals surface area (Å²) in [6, 6.07) is 0. The van der Waals surface area contributed by atoms with Crippen molar-refractivity contribution < 1.29 is 38.1 Å². The van der Waals surface area contributed by atoms with Crippen LogP contribution in [0, 0.1) is 5.92 Å². The van der Waals surface area contributed by atoms with Crippen LogP contribution in [-0.4, -0.2) is 64.2 Å². The molecule has 0 aromatic carbocycles. The fourth-order valence-electron chi connectivity index (χ4n) is 7.54. The molecule has 2 atom stereocenters. The number of carbonyl (C=O) groups excluding carboxylic acids is 3. The summed E-state index contributed by atoms with van der Waals surface area (Å²) in [7, 11) is 3.48. The van der Waals surface area contributed by atoms with Crippen molar-refractivity contribution in [2.24, 2.45) is 5.92 Å². The average Bonchev–Trinajstić information content (AvgIpc) is 3.40. The van der Waals surface area contributed by atoms with E-state index in [1.165, 1.54) is 131 Å². The summed E-state index contributed by atoms with van der Waals surface area (Å²) < 4.78 is 24.7. The predicted octanol–water partition coefficient (Wildman–Crippen LogP) is 25.6. The van der Waals surface area contributed by atoms with Gasteiger partial charge < -0.3 is 23.7 Å². The lowest BCUT2D eigenvalue weighted by Crippen LogP contribution is -2.00. The zero-order valence-electron chi connectivity index (χ0n) is 65.3. The maximum absolute atomic E-state index is 10.5. The fraction of sp³-hybridized carbons (Fsp3) is 0.627. The molecular formula is C83H146O8. The van der Waals surface area contributed by atoms with Gasteiger partial charge in [-0.15, -0.1) is 0 Å². The SMILES string of the molecule is CC(=O)OC/C=C(/C)CCC=C(C)C.CC(=O)OC/C=C(/C)CCC=C(C)C.CC(=O)OC/C=C(/C)CCC=C(C)C.CC(C)=CCC/C(C)=C\C(C)C.CC/C=C(/C)CCC=C(C)C.COC(C)/C=C(/C)CCC=C(C)C.COC(C)/C=C(\C)CCC=C(C)C. The van der Waals surface area contributed by atoms with Gasteiger partial charge in [0.15, 0.2) is 0 Å². The van der Waals surface area contributed by atoms with Crippen LogP contribution in [0.2, 0.25) is 0 Å². The van der Waals surface area contributed by atoms with E-state index in [4.69, 9.17) is 23.7 Å². The summed E-state index contributed by atoms with van der Waals surface area (Å²) in [5.41, 5.74) is 19.3. The van der Waals surface area contributed by atoms with Gasteiger partial charge in [0.2, 0.25) is 0 Å². The first-order valence-electron chi connectivity index (χ1n) is 33.9. The summed E-state index contributed by atoms with van der Waals surface area (Å²) >= 11 is 0. The number of ether oxygens (including phenoxy) is 5. The summed E-state index contributed by atoms with van der Waals surface area (Å²) in [4.78, 5) is 31.4. The lowest BCUT2D eigenvalue weighted by Gasteiger charge is -2.05. The third-order valence-electron chi connectivity index (χ3n) is 12.7. The molecule has 91 heavy (non-hydrogen) atoms. The number of allylic oxidation sites excluding steroid dienone is 23. The number of esters is 3. The molecule has 0 heterocycles. The Bertz CT molecular complexity index is 2120. The van der Waals surface area contributed by atoms with Crippen molar-refractivity contribution in [3.8, 4) is 0 Å². The number of hydrogen-bond donors (Lipinski definition) is 0. The van der Waals surface area contributed by atoms with Crippen molar-refractivity contribution in [2.75, 3.05) is 34.0 Å². The molecule has 0 spiro atoms. The molecule has 0 aromatic heterocycles. The Hall–Kier alpha value is -5.31. The molecular weight excluding hydrogens is 1120 g/mol. The van der Waals surface area contributed by atoms with Crippen LogP contribution in [0.25, 0.3) is 0 Å². The van der Waals surface area contributed by atoms with Crippen molar-refractivity contribution in [3.05, 3.63) is 163 Å². The van der Waals surface area contributed by atoms with E-state index < -0.39 is 0 Å². The highest BCUT2D eigenvalue weighted by Crippen LogP contribution is 2.13. The number of carbonyl (C=O) groups is 3. The topological polar surface area (TPSA) is 97.4 Å². The Morgan fingerprint density at radius 2 is 0.462 bits per heavy atom. The quantitative estimate of drug-likeness (QED) is 0.0364. The molecule has 0 N–H and O–H groups in total. The summed E-state index contributed by atoms with van der Waals surface area (Å²) in [5, 5.41) is 0. The van der Waals surface area contributed by atoms with Crippen LogP contribution in [0.4, 0.5) is 0 Å². The molecule has 0 saturated carbocycles. The normalized spacial score (nSPS) is 12.1. The first-order valence-corrected chi connectivity index (χ1v) is 33.9. The van der Waals surface area contributed by atoms with Crippen LogP contribution < -0.4 is 0 Å². The highest BCUT2D eigenvalue weighted by Gasteiger charge is 1.99. The number of methoxy groups -OCH3 is 2. The highest BCUT2D eigenvalue weighted by molar-refractivity contribution is 5.66. The Balaban J connectivity index is -0.000000181. The highest BCUT2D eigenvalue weighted by atomic mass is 16.5. The van der Waals surface area contributed by atoms with Crippen molar-refractivity contribution in [2.45, 2.75) is 309 Å². The molecule has 0 aliphatic carbocycles. The van der Waals surface area contributed by atoms with Gasteiger partial charge in [-0.3, -0.25) is 14.4 Å². The fourth-order valence-corrected chi connectivity index (χ4v) is 7.54. The molecule has 0 aromatic rings. The van der Waals surface area contributed by atoms with E-state index in [0.717, 1.165) is 64.2 Å². The van der Waals surface area contributed by atoms with E-state index in [-0.39, 0.29) is 30.1 Å². The molecule has 8 heteroatoms. The lowest BCUT2D eigenvalue weighted by atomic mass is 10.1. The Morgan fingerprint density at radius 1 is 0.275 bits per heavy atom. The van der Waals surface area contributed by atoms with E-state index >= 15 is 0 Å². The molecule has 8 nitrogen and oxygen atoms in total. The predicted molar refractivity (Wildman–Crippen MR) is 405 cm³/mol. The summed E-state index contributed by atoms with van der Waals surface area (Å²) in [5.74, 6) is 0.0201.